The van der Waals surface area contributed by atoms with Crippen LogP contribution in [0.1, 0.15) is 34.1 Å². The molecule has 0 N–H and O–H groups in total. The van der Waals surface area contributed by atoms with Crippen molar-refractivity contribution in [2.75, 3.05) is 6.61 Å². The van der Waals surface area contributed by atoms with E-state index in [1.807, 2.05) is 25.1 Å². The fourth-order valence-electron chi connectivity index (χ4n) is 1.77. The molecule has 10 heteroatoms. The molecule has 0 aliphatic heterocycles. The first-order chi connectivity index (χ1) is 12.8. The van der Waals surface area contributed by atoms with E-state index in [2.05, 4.69) is 0 Å². The van der Waals surface area contributed by atoms with Crippen LogP contribution in [0.15, 0.2) is 48.5 Å². The van der Waals surface area contributed by atoms with Crippen molar-refractivity contribution in [3.63, 3.8) is 0 Å². The molecule has 2 aromatic carbocycles. The molecule has 0 aliphatic carbocycles. The molecule has 0 amide bonds. The number of carbonyl (C=O) groups excluding carboxylic acids is 2. The van der Waals surface area contributed by atoms with Crippen LogP contribution in [0.4, 0.5) is 11.4 Å². The standard InChI is InChI=1S/C10H12O2.C7H3ClN2O5/c1-2-8-12-10(11)9-6-4-3-5-7-9;8-7(11)4-1-5(9(12)13)3-6(2-4)10(14)15/h3-7H,2,8H2,1H3;1-3H. The van der Waals surface area contributed by atoms with Crippen molar-refractivity contribution in [3.05, 3.63) is 79.9 Å². The van der Waals surface area contributed by atoms with Gasteiger partial charge in [-0.2, -0.15) is 0 Å². The summed E-state index contributed by atoms with van der Waals surface area (Å²) in [6.45, 7) is 2.46. The summed E-state index contributed by atoms with van der Waals surface area (Å²) in [5, 5.41) is 19.8. The third kappa shape index (κ3) is 7.20. The van der Waals surface area contributed by atoms with E-state index in [0.29, 0.717) is 12.2 Å². The maximum atomic E-state index is 11.2. The topological polar surface area (TPSA) is 130 Å². The van der Waals surface area contributed by atoms with E-state index < -0.39 is 26.5 Å². The normalized spacial score (nSPS) is 9.56. The number of halogens is 1. The second-order valence-corrected chi connectivity index (χ2v) is 5.37. The van der Waals surface area contributed by atoms with Crippen LogP contribution in [-0.2, 0) is 4.74 Å². The first-order valence-corrected chi connectivity index (χ1v) is 8.00. The quantitative estimate of drug-likeness (QED) is 0.311. The third-order valence-corrected chi connectivity index (χ3v) is 3.22. The van der Waals surface area contributed by atoms with Crippen LogP contribution >= 0.6 is 11.6 Å². The lowest BCUT2D eigenvalue weighted by atomic mass is 10.2. The van der Waals surface area contributed by atoms with Crippen LogP contribution in [0.25, 0.3) is 0 Å². The highest BCUT2D eigenvalue weighted by atomic mass is 35.5. The molecule has 0 atom stereocenters. The zero-order valence-electron chi connectivity index (χ0n) is 14.2. The summed E-state index contributed by atoms with van der Waals surface area (Å²) in [7, 11) is 0. The molecule has 0 aliphatic rings. The monoisotopic (exact) mass is 394 g/mol. The van der Waals surface area contributed by atoms with Gasteiger partial charge in [0, 0.05) is 17.7 Å². The lowest BCUT2D eigenvalue weighted by molar-refractivity contribution is -0.394. The summed E-state index contributed by atoms with van der Waals surface area (Å²) >= 11 is 5.07. The molecule has 142 valence electrons. The van der Waals surface area contributed by atoms with Gasteiger partial charge in [-0.3, -0.25) is 25.0 Å². The summed E-state index contributed by atoms with van der Waals surface area (Å²) in [5.74, 6) is -0.238. The van der Waals surface area contributed by atoms with Crippen molar-refractivity contribution >= 4 is 34.2 Å². The molecule has 27 heavy (non-hydrogen) atoms. The second-order valence-electron chi connectivity index (χ2n) is 5.03. The fraction of sp³-hybridized carbons (Fsp3) is 0.176. The van der Waals surface area contributed by atoms with Gasteiger partial charge < -0.3 is 4.74 Å². The summed E-state index contributed by atoms with van der Waals surface area (Å²) in [5.41, 5.74) is -0.759. The highest BCUT2D eigenvalue weighted by molar-refractivity contribution is 6.67. The Hall–Kier alpha value is -3.33. The Balaban J connectivity index is 0.000000277. The summed E-state index contributed by atoms with van der Waals surface area (Å²) in [6, 6.07) is 11.5. The predicted molar refractivity (Wildman–Crippen MR) is 96.9 cm³/mol. The second kappa shape index (κ2) is 10.6. The minimum atomic E-state index is -0.984. The smallest absolute Gasteiger partial charge is 0.338 e. The van der Waals surface area contributed by atoms with E-state index in [1.54, 1.807) is 12.1 Å². The van der Waals surface area contributed by atoms with Crippen molar-refractivity contribution in [2.45, 2.75) is 13.3 Å². The predicted octanol–water partition coefficient (Wildman–Crippen LogP) is 4.14. The number of benzene rings is 2. The first-order valence-electron chi connectivity index (χ1n) is 7.62. The average molecular weight is 395 g/mol. The van der Waals surface area contributed by atoms with Crippen molar-refractivity contribution < 1.29 is 24.2 Å². The summed E-state index contributed by atoms with van der Waals surface area (Å²) in [4.78, 5) is 41.0. The molecular formula is C17H15ClN2O7. The molecule has 0 saturated carbocycles. The lowest BCUT2D eigenvalue weighted by Gasteiger charge is -2.01. The van der Waals surface area contributed by atoms with Gasteiger partial charge in [0.25, 0.3) is 16.6 Å². The molecule has 0 fully saturated rings. The number of rotatable bonds is 6. The SMILES string of the molecule is CCCOC(=O)c1ccccc1.O=C(Cl)c1cc([N+](=O)[O-])cc([N+](=O)[O-])c1. The molecule has 2 aromatic rings. The Labute approximate surface area is 158 Å². The minimum Gasteiger partial charge on any atom is -0.462 e. The number of esters is 1. The molecule has 0 bridgehead atoms. The molecule has 2 rings (SSSR count). The number of non-ortho nitro benzene ring substituents is 2. The Morgan fingerprint density at radius 1 is 0.963 bits per heavy atom. The van der Waals surface area contributed by atoms with Crippen molar-refractivity contribution in [1.29, 1.82) is 0 Å². The first kappa shape index (κ1) is 21.7. The van der Waals surface area contributed by atoms with Gasteiger partial charge in [-0.1, -0.05) is 25.1 Å². The lowest BCUT2D eigenvalue weighted by Crippen LogP contribution is -2.05. The van der Waals surface area contributed by atoms with Crippen LogP contribution in [-0.4, -0.2) is 27.7 Å². The van der Waals surface area contributed by atoms with Crippen molar-refractivity contribution in [3.8, 4) is 0 Å². The van der Waals surface area contributed by atoms with E-state index in [1.165, 1.54) is 0 Å². The van der Waals surface area contributed by atoms with Crippen LogP contribution < -0.4 is 0 Å². The Morgan fingerprint density at radius 2 is 1.48 bits per heavy atom. The molecule has 0 unspecified atom stereocenters. The van der Waals surface area contributed by atoms with Crippen molar-refractivity contribution in [1.82, 2.24) is 0 Å². The number of nitro benzene ring substituents is 2. The molecule has 0 radical (unpaired) electrons. The van der Waals surface area contributed by atoms with Gasteiger partial charge in [-0.15, -0.1) is 0 Å². The number of hydrogen-bond donors (Lipinski definition) is 0. The maximum Gasteiger partial charge on any atom is 0.338 e. The number of nitro groups is 2. The summed E-state index contributed by atoms with van der Waals surface area (Å²) in [6.07, 6.45) is 0.860. The highest BCUT2D eigenvalue weighted by Gasteiger charge is 2.18. The molecule has 0 heterocycles. The summed E-state index contributed by atoms with van der Waals surface area (Å²) < 4.78 is 4.94. The van der Waals surface area contributed by atoms with Gasteiger partial charge in [0.2, 0.25) is 0 Å². The van der Waals surface area contributed by atoms with Gasteiger partial charge >= 0.3 is 5.97 Å². The Kier molecular flexibility index (Phi) is 8.54. The van der Waals surface area contributed by atoms with Crippen LogP contribution in [0.5, 0.6) is 0 Å². The number of nitrogens with zero attached hydrogens (tertiary/aromatic N) is 2. The van der Waals surface area contributed by atoms with E-state index >= 15 is 0 Å². The molecule has 0 spiro atoms. The van der Waals surface area contributed by atoms with Gasteiger partial charge in [-0.05, 0) is 30.2 Å². The Morgan fingerprint density at radius 3 is 1.89 bits per heavy atom. The zero-order chi connectivity index (χ0) is 20.4. The fourth-order valence-corrected chi connectivity index (χ4v) is 1.88. The van der Waals surface area contributed by atoms with Gasteiger partial charge in [0.1, 0.15) is 0 Å². The average Bonchev–Trinajstić information content (AvgIpc) is 2.66. The minimum absolute atomic E-state index is 0.238. The molecule has 9 nitrogen and oxygen atoms in total. The van der Waals surface area contributed by atoms with E-state index in [0.717, 1.165) is 24.6 Å². The number of hydrogen-bond acceptors (Lipinski definition) is 7. The largest absolute Gasteiger partial charge is 0.462 e. The number of carbonyl (C=O) groups is 2. The molecular weight excluding hydrogens is 380 g/mol. The third-order valence-electron chi connectivity index (χ3n) is 3.00. The van der Waals surface area contributed by atoms with Crippen molar-refractivity contribution in [2.24, 2.45) is 0 Å². The van der Waals surface area contributed by atoms with Crippen LogP contribution in [0.3, 0.4) is 0 Å². The van der Waals surface area contributed by atoms with E-state index in [4.69, 9.17) is 16.3 Å². The zero-order valence-corrected chi connectivity index (χ0v) is 14.9. The van der Waals surface area contributed by atoms with Gasteiger partial charge in [0.05, 0.1) is 28.1 Å². The van der Waals surface area contributed by atoms with Gasteiger partial charge in [-0.25, -0.2) is 4.79 Å². The molecule has 0 saturated heterocycles. The van der Waals surface area contributed by atoms with E-state index in [9.17, 15) is 29.8 Å². The maximum absolute atomic E-state index is 11.2. The Bertz CT molecular complexity index is 761. The van der Waals surface area contributed by atoms with E-state index in [-0.39, 0.29) is 11.5 Å². The van der Waals surface area contributed by atoms with Crippen LogP contribution in [0, 0.1) is 20.2 Å². The molecule has 0 aromatic heterocycles. The highest BCUT2D eigenvalue weighted by Crippen LogP contribution is 2.23. The van der Waals surface area contributed by atoms with Crippen LogP contribution in [0.2, 0.25) is 0 Å². The van der Waals surface area contributed by atoms with Gasteiger partial charge in [0.15, 0.2) is 0 Å². The number of ether oxygens (including phenoxy) is 1.